The first kappa shape index (κ1) is 11.8. The molecular weight excluding hydrogens is 208 g/mol. The van der Waals surface area contributed by atoms with E-state index in [4.69, 9.17) is 17.2 Å². The molecule has 1 aromatic carbocycles. The van der Waals surface area contributed by atoms with Crippen molar-refractivity contribution in [2.75, 3.05) is 12.3 Å². The lowest BCUT2D eigenvalue weighted by molar-refractivity contribution is -0.118. The molecule has 0 aliphatic rings. The van der Waals surface area contributed by atoms with Crippen LogP contribution in [-0.4, -0.2) is 23.4 Å². The van der Waals surface area contributed by atoms with Gasteiger partial charge in [0.05, 0.1) is 0 Å². The van der Waals surface area contributed by atoms with Crippen molar-refractivity contribution in [1.29, 1.82) is 0 Å². The van der Waals surface area contributed by atoms with Crippen molar-refractivity contribution >= 4 is 17.6 Å². The summed E-state index contributed by atoms with van der Waals surface area (Å²) >= 11 is 0. The first-order valence-electron chi connectivity index (χ1n) is 4.66. The second-order valence-electron chi connectivity index (χ2n) is 3.36. The Bertz CT molecular complexity index is 406. The molecule has 6 nitrogen and oxygen atoms in total. The van der Waals surface area contributed by atoms with Gasteiger partial charge in [-0.3, -0.25) is 4.79 Å². The maximum Gasteiger partial charge on any atom is 0.315 e. The number of nitrogens with zero attached hydrogens (tertiary/aromatic N) is 1. The Labute approximate surface area is 93.0 Å². The van der Waals surface area contributed by atoms with Crippen LogP contribution in [0.15, 0.2) is 24.3 Å². The van der Waals surface area contributed by atoms with E-state index in [1.807, 2.05) is 0 Å². The van der Waals surface area contributed by atoms with E-state index < -0.39 is 11.9 Å². The van der Waals surface area contributed by atoms with Gasteiger partial charge in [0.1, 0.15) is 6.54 Å². The molecule has 1 aromatic rings. The first-order chi connectivity index (χ1) is 7.50. The summed E-state index contributed by atoms with van der Waals surface area (Å²) in [4.78, 5) is 22.9. The van der Waals surface area contributed by atoms with E-state index in [1.165, 1.54) is 0 Å². The SMILES string of the molecule is NC(=O)CN(Cc1ccccc1N)C(N)=O. The summed E-state index contributed by atoms with van der Waals surface area (Å²) in [5.41, 5.74) is 17.1. The van der Waals surface area contributed by atoms with Gasteiger partial charge in [0.2, 0.25) is 5.91 Å². The summed E-state index contributed by atoms with van der Waals surface area (Å²) in [6.45, 7) is -0.0470. The van der Waals surface area contributed by atoms with E-state index in [1.54, 1.807) is 24.3 Å². The maximum absolute atomic E-state index is 11.1. The molecule has 6 N–H and O–H groups in total. The van der Waals surface area contributed by atoms with Gasteiger partial charge in [-0.15, -0.1) is 0 Å². The number of para-hydroxylation sites is 1. The lowest BCUT2D eigenvalue weighted by Gasteiger charge is -2.19. The monoisotopic (exact) mass is 222 g/mol. The molecule has 6 heteroatoms. The van der Waals surface area contributed by atoms with Crippen LogP contribution >= 0.6 is 0 Å². The fourth-order valence-corrected chi connectivity index (χ4v) is 1.28. The molecule has 3 amide bonds. The highest BCUT2D eigenvalue weighted by atomic mass is 16.2. The summed E-state index contributed by atoms with van der Waals surface area (Å²) in [6, 6.07) is 6.32. The molecule has 0 saturated heterocycles. The average Bonchev–Trinajstić information content (AvgIpc) is 2.19. The number of primary amides is 2. The molecule has 0 radical (unpaired) electrons. The molecule has 0 spiro atoms. The third kappa shape index (κ3) is 3.16. The third-order valence-corrected chi connectivity index (χ3v) is 2.07. The zero-order valence-electron chi connectivity index (χ0n) is 8.72. The lowest BCUT2D eigenvalue weighted by Crippen LogP contribution is -2.41. The molecule has 16 heavy (non-hydrogen) atoms. The van der Waals surface area contributed by atoms with Gasteiger partial charge >= 0.3 is 6.03 Å². The number of hydrogen-bond acceptors (Lipinski definition) is 3. The molecule has 0 fully saturated rings. The first-order valence-corrected chi connectivity index (χ1v) is 4.66. The average molecular weight is 222 g/mol. The lowest BCUT2D eigenvalue weighted by atomic mass is 10.1. The Kier molecular flexibility index (Phi) is 3.71. The highest BCUT2D eigenvalue weighted by molar-refractivity contribution is 5.82. The fourth-order valence-electron chi connectivity index (χ4n) is 1.28. The second kappa shape index (κ2) is 5.01. The zero-order valence-corrected chi connectivity index (χ0v) is 8.72. The van der Waals surface area contributed by atoms with Crippen molar-refractivity contribution in [1.82, 2.24) is 4.90 Å². The molecule has 0 bridgehead atoms. The quantitative estimate of drug-likeness (QED) is 0.604. The summed E-state index contributed by atoms with van der Waals surface area (Å²) < 4.78 is 0. The molecule has 0 aliphatic heterocycles. The molecule has 1 rings (SSSR count). The van der Waals surface area contributed by atoms with Crippen LogP contribution in [0.25, 0.3) is 0 Å². The Morgan fingerprint density at radius 1 is 1.19 bits per heavy atom. The Hall–Kier alpha value is -2.24. The summed E-state index contributed by atoms with van der Waals surface area (Å²) in [5, 5.41) is 0. The number of carbonyl (C=O) groups excluding carboxylic acids is 2. The van der Waals surface area contributed by atoms with Crippen LogP contribution in [0.4, 0.5) is 10.5 Å². The van der Waals surface area contributed by atoms with Crippen molar-refractivity contribution in [3.05, 3.63) is 29.8 Å². The molecule has 0 aromatic heterocycles. The standard InChI is InChI=1S/C10H14N4O2/c11-8-4-2-1-3-7(8)5-14(10(13)16)6-9(12)15/h1-4H,5-6,11H2,(H2,12,15)(H2,13,16). The van der Waals surface area contributed by atoms with Crippen molar-refractivity contribution in [3.63, 3.8) is 0 Å². The Morgan fingerprint density at radius 2 is 1.81 bits per heavy atom. The predicted molar refractivity (Wildman–Crippen MR) is 60.0 cm³/mol. The van der Waals surface area contributed by atoms with Gasteiger partial charge in [-0.25, -0.2) is 4.79 Å². The zero-order chi connectivity index (χ0) is 12.1. The van der Waals surface area contributed by atoms with Gasteiger partial charge in [0, 0.05) is 12.2 Å². The van der Waals surface area contributed by atoms with E-state index in [2.05, 4.69) is 0 Å². The number of benzene rings is 1. The van der Waals surface area contributed by atoms with Gasteiger partial charge in [-0.2, -0.15) is 0 Å². The molecule has 0 heterocycles. The molecule has 0 atom stereocenters. The van der Waals surface area contributed by atoms with Crippen molar-refractivity contribution in [2.24, 2.45) is 11.5 Å². The van der Waals surface area contributed by atoms with E-state index >= 15 is 0 Å². The highest BCUT2D eigenvalue weighted by Gasteiger charge is 2.13. The van der Waals surface area contributed by atoms with E-state index in [0.29, 0.717) is 5.69 Å². The second-order valence-corrected chi connectivity index (χ2v) is 3.36. The fraction of sp³-hybridized carbons (Fsp3) is 0.200. The van der Waals surface area contributed by atoms with E-state index in [9.17, 15) is 9.59 Å². The van der Waals surface area contributed by atoms with Crippen molar-refractivity contribution < 1.29 is 9.59 Å². The Morgan fingerprint density at radius 3 is 2.31 bits per heavy atom. The highest BCUT2D eigenvalue weighted by Crippen LogP contribution is 2.12. The minimum absolute atomic E-state index is 0.172. The number of nitrogen functional groups attached to an aromatic ring is 1. The number of anilines is 1. The van der Waals surface area contributed by atoms with Crippen LogP contribution in [0.3, 0.4) is 0 Å². The van der Waals surface area contributed by atoms with Gasteiger partial charge < -0.3 is 22.1 Å². The number of nitrogens with two attached hydrogens (primary N) is 3. The number of amides is 3. The van der Waals surface area contributed by atoms with Gasteiger partial charge in [0.25, 0.3) is 0 Å². The topological polar surface area (TPSA) is 115 Å². The van der Waals surface area contributed by atoms with Crippen LogP contribution in [-0.2, 0) is 11.3 Å². The van der Waals surface area contributed by atoms with E-state index in [0.717, 1.165) is 10.5 Å². The largest absolute Gasteiger partial charge is 0.398 e. The van der Waals surface area contributed by atoms with E-state index in [-0.39, 0.29) is 13.1 Å². The van der Waals surface area contributed by atoms with Crippen LogP contribution in [0.1, 0.15) is 5.56 Å². The minimum atomic E-state index is -0.706. The van der Waals surface area contributed by atoms with Crippen molar-refractivity contribution in [3.8, 4) is 0 Å². The minimum Gasteiger partial charge on any atom is -0.398 e. The van der Waals surface area contributed by atoms with Crippen LogP contribution < -0.4 is 17.2 Å². The van der Waals surface area contributed by atoms with Crippen LogP contribution in [0.5, 0.6) is 0 Å². The van der Waals surface area contributed by atoms with Gasteiger partial charge in [-0.05, 0) is 11.6 Å². The molecule has 86 valence electrons. The van der Waals surface area contributed by atoms with Crippen LogP contribution in [0.2, 0.25) is 0 Å². The molecule has 0 unspecified atom stereocenters. The molecule has 0 aliphatic carbocycles. The number of urea groups is 1. The molecule has 0 saturated carbocycles. The van der Waals surface area contributed by atoms with Gasteiger partial charge in [-0.1, -0.05) is 18.2 Å². The Balaban J connectivity index is 2.80. The smallest absolute Gasteiger partial charge is 0.315 e. The number of carbonyl (C=O) groups is 2. The van der Waals surface area contributed by atoms with Crippen LogP contribution in [0, 0.1) is 0 Å². The summed E-state index contributed by atoms with van der Waals surface area (Å²) in [7, 11) is 0. The number of hydrogen-bond donors (Lipinski definition) is 3. The maximum atomic E-state index is 11.1. The summed E-state index contributed by atoms with van der Waals surface area (Å²) in [5.74, 6) is -0.617. The third-order valence-electron chi connectivity index (χ3n) is 2.07. The molecular formula is C10H14N4O2. The summed E-state index contributed by atoms with van der Waals surface area (Å²) in [6.07, 6.45) is 0. The number of rotatable bonds is 4. The van der Waals surface area contributed by atoms with Crippen molar-refractivity contribution in [2.45, 2.75) is 6.54 Å². The predicted octanol–water partition coefficient (Wildman–Crippen LogP) is -0.365. The normalized spacial score (nSPS) is 9.75. The van der Waals surface area contributed by atoms with Gasteiger partial charge in [0.15, 0.2) is 0 Å².